The van der Waals surface area contributed by atoms with Gasteiger partial charge >= 0.3 is 37.6 Å². The van der Waals surface area contributed by atoms with Gasteiger partial charge in [-0.3, -0.25) is 0 Å². The van der Waals surface area contributed by atoms with Crippen molar-refractivity contribution >= 4 is 8.03 Å². The van der Waals surface area contributed by atoms with E-state index in [1.807, 2.05) is 0 Å². The van der Waals surface area contributed by atoms with E-state index in [4.69, 9.17) is 5.11 Å². The predicted octanol–water partition coefficient (Wildman–Crippen LogP) is -3.57. The van der Waals surface area contributed by atoms with Crippen LogP contribution in [0.3, 0.4) is 0 Å². The van der Waals surface area contributed by atoms with Crippen LogP contribution in [-0.2, 0) is 4.57 Å². The first-order valence-corrected chi connectivity index (χ1v) is 2.71. The Kier molecular flexibility index (Phi) is 8.04. The number of aliphatic hydroxyl groups excluding tert-OH is 1. The second-order valence-electron chi connectivity index (χ2n) is 0.917. The Morgan fingerprint density at radius 1 is 1.86 bits per heavy atom. The molecule has 0 radical (unpaired) electrons. The standard InChI is InChI=1S/C2H5O3P.Na/c1-2(3)6(4)5;/h2-3H,1H3;/q;+1. The van der Waals surface area contributed by atoms with E-state index < -0.39 is 13.9 Å². The van der Waals surface area contributed by atoms with Crippen molar-refractivity contribution in [2.75, 3.05) is 0 Å². The largest absolute Gasteiger partial charge is 1.00 e. The van der Waals surface area contributed by atoms with E-state index in [2.05, 4.69) is 0 Å². The van der Waals surface area contributed by atoms with E-state index in [-0.39, 0.29) is 29.6 Å². The van der Waals surface area contributed by atoms with Crippen molar-refractivity contribution in [1.82, 2.24) is 0 Å². The van der Waals surface area contributed by atoms with Crippen LogP contribution in [0.25, 0.3) is 0 Å². The van der Waals surface area contributed by atoms with Crippen molar-refractivity contribution in [2.45, 2.75) is 12.8 Å². The molecular formula is C2H5NaO3P+. The van der Waals surface area contributed by atoms with Gasteiger partial charge in [0.15, 0.2) is 0 Å². The summed E-state index contributed by atoms with van der Waals surface area (Å²) in [5.41, 5.74) is 0. The SMILES string of the molecule is CC(O)[P+](=O)[O-].[Na+]. The van der Waals surface area contributed by atoms with E-state index in [9.17, 15) is 9.46 Å². The van der Waals surface area contributed by atoms with E-state index in [1.54, 1.807) is 0 Å². The van der Waals surface area contributed by atoms with Gasteiger partial charge < -0.3 is 10.00 Å². The molecule has 0 aromatic rings. The maximum Gasteiger partial charge on any atom is 1.00 e. The molecule has 0 aliphatic rings. The van der Waals surface area contributed by atoms with Crippen LogP contribution < -0.4 is 34.5 Å². The Balaban J connectivity index is 0. The van der Waals surface area contributed by atoms with Gasteiger partial charge in [0.1, 0.15) is 0 Å². The number of hydrogen-bond acceptors (Lipinski definition) is 3. The van der Waals surface area contributed by atoms with Crippen LogP contribution >= 0.6 is 8.03 Å². The first kappa shape index (κ1) is 10.9. The maximum atomic E-state index is 9.49. The Morgan fingerprint density at radius 3 is 2.00 bits per heavy atom. The fourth-order valence-electron chi connectivity index (χ4n) is 0. The van der Waals surface area contributed by atoms with Gasteiger partial charge in [-0.1, -0.05) is 4.57 Å². The molecule has 7 heavy (non-hydrogen) atoms. The summed E-state index contributed by atoms with van der Waals surface area (Å²) in [7, 11) is -2.60. The van der Waals surface area contributed by atoms with E-state index >= 15 is 0 Å². The molecule has 36 valence electrons. The molecule has 5 heteroatoms. The Labute approximate surface area is 64.9 Å². The van der Waals surface area contributed by atoms with E-state index in [0.29, 0.717) is 0 Å². The smallest absolute Gasteiger partial charge is 0.593 e. The monoisotopic (exact) mass is 131 g/mol. The molecule has 2 atom stereocenters. The van der Waals surface area contributed by atoms with Gasteiger partial charge in [0.25, 0.3) is 0 Å². The molecule has 2 unspecified atom stereocenters. The zero-order chi connectivity index (χ0) is 5.15. The minimum absolute atomic E-state index is 0. The Bertz CT molecular complexity index is 64.0. The second-order valence-corrected chi connectivity index (χ2v) is 2.24. The van der Waals surface area contributed by atoms with E-state index in [0.717, 1.165) is 0 Å². The number of aliphatic hydroxyl groups is 1. The summed E-state index contributed by atoms with van der Waals surface area (Å²) >= 11 is 0. The molecule has 0 fully saturated rings. The third-order valence-electron chi connectivity index (χ3n) is 0.305. The molecule has 0 heterocycles. The minimum Gasteiger partial charge on any atom is -0.593 e. The molecule has 3 nitrogen and oxygen atoms in total. The fraction of sp³-hybridized carbons (Fsp3) is 1.00. The zero-order valence-corrected chi connectivity index (χ0v) is 7.18. The number of hydrogen-bond donors (Lipinski definition) is 1. The van der Waals surface area contributed by atoms with Crippen molar-refractivity contribution in [2.24, 2.45) is 0 Å². The first-order chi connectivity index (χ1) is 2.64. The van der Waals surface area contributed by atoms with Gasteiger partial charge in [0.2, 0.25) is 5.85 Å². The first-order valence-electron chi connectivity index (χ1n) is 1.46. The Morgan fingerprint density at radius 2 is 2.00 bits per heavy atom. The molecule has 0 amide bonds. The third kappa shape index (κ3) is 7.02. The minimum atomic E-state index is -2.60. The third-order valence-corrected chi connectivity index (χ3v) is 0.915. The summed E-state index contributed by atoms with van der Waals surface area (Å²) in [4.78, 5) is 9.49. The molecule has 1 N–H and O–H groups in total. The molecule has 0 aliphatic carbocycles. The van der Waals surface area contributed by atoms with Gasteiger partial charge in [-0.25, -0.2) is 0 Å². The summed E-state index contributed by atoms with van der Waals surface area (Å²) in [5.74, 6) is -1.19. The molecule has 0 rings (SSSR count). The van der Waals surface area contributed by atoms with Gasteiger partial charge in [-0.2, -0.15) is 0 Å². The molecule has 0 aromatic heterocycles. The van der Waals surface area contributed by atoms with Crippen molar-refractivity contribution in [3.05, 3.63) is 0 Å². The number of rotatable bonds is 1. The summed E-state index contributed by atoms with van der Waals surface area (Å²) < 4.78 is 9.49. The van der Waals surface area contributed by atoms with Crippen molar-refractivity contribution < 1.29 is 44.1 Å². The Hall–Kier alpha value is 1.02. The van der Waals surface area contributed by atoms with Crippen LogP contribution in [0.2, 0.25) is 0 Å². The molecule has 0 saturated heterocycles. The molecule has 0 aliphatic heterocycles. The van der Waals surface area contributed by atoms with Crippen LogP contribution in [0.4, 0.5) is 0 Å². The van der Waals surface area contributed by atoms with Crippen LogP contribution in [0, 0.1) is 0 Å². The average Bonchev–Trinajstić information content (AvgIpc) is 1.36. The molecule has 0 bridgehead atoms. The van der Waals surface area contributed by atoms with Gasteiger partial charge in [-0.05, 0) is 0 Å². The van der Waals surface area contributed by atoms with Crippen LogP contribution in [0.15, 0.2) is 0 Å². The van der Waals surface area contributed by atoms with Crippen molar-refractivity contribution in [1.29, 1.82) is 0 Å². The van der Waals surface area contributed by atoms with Crippen molar-refractivity contribution in [3.63, 3.8) is 0 Å². The molecule has 0 aromatic carbocycles. The van der Waals surface area contributed by atoms with Gasteiger partial charge in [0.05, 0.1) is 0 Å². The summed E-state index contributed by atoms with van der Waals surface area (Å²) in [6.07, 6.45) is 0. The van der Waals surface area contributed by atoms with Gasteiger partial charge in [0, 0.05) is 6.92 Å². The topological polar surface area (TPSA) is 60.4 Å². The second kappa shape index (κ2) is 5.16. The zero-order valence-electron chi connectivity index (χ0n) is 4.29. The average molecular weight is 131 g/mol. The molecular weight excluding hydrogens is 126 g/mol. The normalized spacial score (nSPS) is 14.4. The molecule has 0 spiro atoms. The predicted molar refractivity (Wildman–Crippen MR) is 19.3 cm³/mol. The van der Waals surface area contributed by atoms with Crippen molar-refractivity contribution in [3.8, 4) is 0 Å². The summed E-state index contributed by atoms with van der Waals surface area (Å²) in [6, 6.07) is 0. The molecule has 0 saturated carbocycles. The van der Waals surface area contributed by atoms with Crippen LogP contribution in [0.1, 0.15) is 6.92 Å². The summed E-state index contributed by atoms with van der Waals surface area (Å²) in [5, 5.41) is 8.03. The van der Waals surface area contributed by atoms with Gasteiger partial charge in [-0.15, -0.1) is 0 Å². The quantitative estimate of drug-likeness (QED) is 0.296. The van der Waals surface area contributed by atoms with Crippen LogP contribution in [-0.4, -0.2) is 11.0 Å². The van der Waals surface area contributed by atoms with Crippen LogP contribution in [0.5, 0.6) is 0 Å². The maximum absolute atomic E-state index is 9.49. The summed E-state index contributed by atoms with van der Waals surface area (Å²) in [6.45, 7) is 1.20. The van der Waals surface area contributed by atoms with E-state index in [1.165, 1.54) is 6.92 Å². The fourth-order valence-corrected chi connectivity index (χ4v) is 0.